The monoisotopic (exact) mass is 244 g/mol. The van der Waals surface area contributed by atoms with Gasteiger partial charge in [0.1, 0.15) is 5.84 Å². The van der Waals surface area contributed by atoms with Gasteiger partial charge in [0.25, 0.3) is 0 Å². The van der Waals surface area contributed by atoms with Crippen LogP contribution < -0.4 is 5.73 Å². The van der Waals surface area contributed by atoms with E-state index in [0.29, 0.717) is 18.3 Å². The minimum absolute atomic E-state index is 0.328. The molecule has 0 heterocycles. The van der Waals surface area contributed by atoms with Crippen LogP contribution >= 0.6 is 0 Å². The summed E-state index contributed by atoms with van der Waals surface area (Å²) in [4.78, 5) is 4.68. The minimum atomic E-state index is 0.328. The minimum Gasteiger partial charge on any atom is -0.409 e. The maximum absolute atomic E-state index is 8.42. The summed E-state index contributed by atoms with van der Waals surface area (Å²) in [5, 5.41) is 11.4. The van der Waals surface area contributed by atoms with Crippen LogP contribution in [0.3, 0.4) is 0 Å². The van der Waals surface area contributed by atoms with Crippen LogP contribution in [0.1, 0.15) is 33.1 Å². The van der Waals surface area contributed by atoms with Crippen molar-refractivity contribution in [2.24, 2.45) is 10.9 Å². The number of nitrogens with zero attached hydrogens (tertiary/aromatic N) is 3. The number of amidine groups is 1. The van der Waals surface area contributed by atoms with Crippen molar-refractivity contribution in [2.75, 3.05) is 33.7 Å². The van der Waals surface area contributed by atoms with E-state index in [0.717, 1.165) is 32.5 Å². The summed E-state index contributed by atoms with van der Waals surface area (Å²) in [6, 6.07) is 0.568. The van der Waals surface area contributed by atoms with Gasteiger partial charge in [0.2, 0.25) is 0 Å². The molecule has 0 saturated carbocycles. The molecule has 0 radical (unpaired) electrons. The maximum Gasteiger partial charge on any atom is 0.139 e. The van der Waals surface area contributed by atoms with Gasteiger partial charge in [-0.1, -0.05) is 12.1 Å². The van der Waals surface area contributed by atoms with Crippen LogP contribution in [0.15, 0.2) is 5.16 Å². The number of hydrogen-bond acceptors (Lipinski definition) is 4. The van der Waals surface area contributed by atoms with Gasteiger partial charge in [-0.15, -0.1) is 0 Å². The number of unbranched alkanes of at least 4 members (excludes halogenated alkanes) is 1. The summed E-state index contributed by atoms with van der Waals surface area (Å²) in [7, 11) is 4.20. The van der Waals surface area contributed by atoms with Crippen molar-refractivity contribution >= 4 is 5.84 Å². The first-order valence-corrected chi connectivity index (χ1v) is 6.36. The van der Waals surface area contributed by atoms with Crippen LogP contribution in [0.5, 0.6) is 0 Å². The van der Waals surface area contributed by atoms with Gasteiger partial charge in [-0.3, -0.25) is 4.90 Å². The number of oxime groups is 1. The largest absolute Gasteiger partial charge is 0.409 e. The van der Waals surface area contributed by atoms with E-state index in [2.05, 4.69) is 42.9 Å². The van der Waals surface area contributed by atoms with E-state index in [-0.39, 0.29) is 0 Å². The zero-order chi connectivity index (χ0) is 13.3. The van der Waals surface area contributed by atoms with E-state index in [1.54, 1.807) is 0 Å². The third-order valence-electron chi connectivity index (χ3n) is 2.92. The Morgan fingerprint density at radius 2 is 2.00 bits per heavy atom. The molecule has 0 aromatic rings. The molecule has 0 fully saturated rings. The van der Waals surface area contributed by atoms with Crippen LogP contribution in [0, 0.1) is 0 Å². The maximum atomic E-state index is 8.42. The summed E-state index contributed by atoms with van der Waals surface area (Å²) in [6.45, 7) is 7.67. The summed E-state index contributed by atoms with van der Waals surface area (Å²) < 4.78 is 0. The number of hydrogen-bond donors (Lipinski definition) is 2. The predicted molar refractivity (Wildman–Crippen MR) is 72.5 cm³/mol. The Morgan fingerprint density at radius 3 is 2.47 bits per heavy atom. The molecule has 102 valence electrons. The fourth-order valence-electron chi connectivity index (χ4n) is 2.01. The average molecular weight is 244 g/mol. The topological polar surface area (TPSA) is 65.1 Å². The Labute approximate surface area is 105 Å². The lowest BCUT2D eigenvalue weighted by molar-refractivity contribution is 0.179. The zero-order valence-electron chi connectivity index (χ0n) is 11.7. The highest BCUT2D eigenvalue weighted by atomic mass is 16.4. The van der Waals surface area contributed by atoms with Crippen molar-refractivity contribution in [1.82, 2.24) is 9.80 Å². The predicted octanol–water partition coefficient (Wildman–Crippen LogP) is 1.18. The second-order valence-corrected chi connectivity index (χ2v) is 4.79. The van der Waals surface area contributed by atoms with Crippen molar-refractivity contribution in [2.45, 2.75) is 39.2 Å². The van der Waals surface area contributed by atoms with E-state index < -0.39 is 0 Å². The first-order valence-electron chi connectivity index (χ1n) is 6.36. The molecular weight excluding hydrogens is 216 g/mol. The van der Waals surface area contributed by atoms with E-state index in [1.807, 2.05) is 0 Å². The lowest BCUT2D eigenvalue weighted by Gasteiger charge is -2.29. The Balaban J connectivity index is 3.81. The first-order chi connectivity index (χ1) is 8.01. The van der Waals surface area contributed by atoms with Gasteiger partial charge < -0.3 is 15.8 Å². The highest BCUT2D eigenvalue weighted by Gasteiger charge is 2.12. The van der Waals surface area contributed by atoms with Crippen LogP contribution in [-0.4, -0.2) is 60.6 Å². The van der Waals surface area contributed by atoms with Crippen molar-refractivity contribution < 1.29 is 5.21 Å². The molecule has 5 heteroatoms. The Hall–Kier alpha value is -0.810. The molecule has 0 aromatic carbocycles. The average Bonchev–Trinajstić information content (AvgIpc) is 2.27. The SMILES string of the molecule is CCN(CCCCC(N)=NO)C(C)CN(C)C. The zero-order valence-corrected chi connectivity index (χ0v) is 11.7. The summed E-state index contributed by atoms with van der Waals surface area (Å²) >= 11 is 0. The fourth-order valence-corrected chi connectivity index (χ4v) is 2.01. The molecule has 0 saturated heterocycles. The van der Waals surface area contributed by atoms with Gasteiger partial charge >= 0.3 is 0 Å². The van der Waals surface area contributed by atoms with Crippen LogP contribution in [-0.2, 0) is 0 Å². The van der Waals surface area contributed by atoms with Gasteiger partial charge in [0.05, 0.1) is 0 Å². The first kappa shape index (κ1) is 16.2. The number of nitrogens with two attached hydrogens (primary N) is 1. The number of rotatable bonds is 9. The lowest BCUT2D eigenvalue weighted by atomic mass is 10.2. The van der Waals surface area contributed by atoms with E-state index in [4.69, 9.17) is 10.9 Å². The van der Waals surface area contributed by atoms with Crippen LogP contribution in [0.4, 0.5) is 0 Å². The van der Waals surface area contributed by atoms with Gasteiger partial charge in [0, 0.05) is 19.0 Å². The number of likely N-dealkylation sites (N-methyl/N-ethyl adjacent to an activating group) is 2. The standard InChI is InChI=1S/C12H28N4O/c1-5-16(11(2)10-15(3)4)9-7-6-8-12(13)14-17/h11,17H,5-10H2,1-4H3,(H2,13,14). The molecule has 0 spiro atoms. The molecule has 0 bridgehead atoms. The molecule has 0 aliphatic rings. The Morgan fingerprint density at radius 1 is 1.35 bits per heavy atom. The Bertz CT molecular complexity index is 219. The van der Waals surface area contributed by atoms with Crippen molar-refractivity contribution in [3.05, 3.63) is 0 Å². The van der Waals surface area contributed by atoms with Crippen molar-refractivity contribution in [1.29, 1.82) is 0 Å². The van der Waals surface area contributed by atoms with Crippen molar-refractivity contribution in [3.63, 3.8) is 0 Å². The fraction of sp³-hybridized carbons (Fsp3) is 0.917. The van der Waals surface area contributed by atoms with Gasteiger partial charge in [-0.05, 0) is 47.0 Å². The molecular formula is C12H28N4O. The van der Waals surface area contributed by atoms with Crippen LogP contribution in [0.2, 0.25) is 0 Å². The molecule has 5 nitrogen and oxygen atoms in total. The van der Waals surface area contributed by atoms with E-state index >= 15 is 0 Å². The quantitative estimate of drug-likeness (QED) is 0.210. The molecule has 0 aliphatic heterocycles. The van der Waals surface area contributed by atoms with E-state index in [1.165, 1.54) is 0 Å². The third kappa shape index (κ3) is 7.99. The molecule has 0 rings (SSSR count). The third-order valence-corrected chi connectivity index (χ3v) is 2.92. The summed E-state index contributed by atoms with van der Waals surface area (Å²) in [5.74, 6) is 0.328. The normalized spacial score (nSPS) is 14.6. The molecule has 0 aliphatic carbocycles. The highest BCUT2D eigenvalue weighted by Crippen LogP contribution is 2.04. The molecule has 1 atom stereocenters. The molecule has 1 unspecified atom stereocenters. The van der Waals surface area contributed by atoms with Gasteiger partial charge in [-0.25, -0.2) is 0 Å². The van der Waals surface area contributed by atoms with Crippen LogP contribution in [0.25, 0.3) is 0 Å². The Kier molecular flexibility index (Phi) is 8.80. The van der Waals surface area contributed by atoms with E-state index in [9.17, 15) is 0 Å². The second-order valence-electron chi connectivity index (χ2n) is 4.79. The van der Waals surface area contributed by atoms with Crippen molar-refractivity contribution in [3.8, 4) is 0 Å². The lowest BCUT2D eigenvalue weighted by Crippen LogP contribution is -2.40. The molecule has 3 N–H and O–H groups in total. The smallest absolute Gasteiger partial charge is 0.139 e. The molecule has 0 aromatic heterocycles. The molecule has 17 heavy (non-hydrogen) atoms. The summed E-state index contributed by atoms with van der Waals surface area (Å²) in [5.41, 5.74) is 5.43. The highest BCUT2D eigenvalue weighted by molar-refractivity contribution is 5.79. The second kappa shape index (κ2) is 9.24. The molecule has 0 amide bonds. The summed E-state index contributed by atoms with van der Waals surface area (Å²) in [6.07, 6.45) is 2.74. The van der Waals surface area contributed by atoms with Gasteiger partial charge in [0.15, 0.2) is 0 Å². The van der Waals surface area contributed by atoms with Gasteiger partial charge in [-0.2, -0.15) is 0 Å².